The van der Waals surface area contributed by atoms with Gasteiger partial charge in [0.05, 0.1) is 11.9 Å². The van der Waals surface area contributed by atoms with Gasteiger partial charge >= 0.3 is 0 Å². The summed E-state index contributed by atoms with van der Waals surface area (Å²) in [5.74, 6) is -0.331. The van der Waals surface area contributed by atoms with E-state index in [1.54, 1.807) is 7.05 Å². The number of rotatable bonds is 10. The van der Waals surface area contributed by atoms with Crippen LogP contribution >= 0.6 is 0 Å². The van der Waals surface area contributed by atoms with Crippen LogP contribution in [-0.4, -0.2) is 42.8 Å². The SMILES string of the molecule is CC[C@H]([N-]C)[C@H](O)CS(=O)(=O)N(Cc1ccccc1)Cc1ccccc1.[Pd]. The molecule has 152 valence electrons. The van der Waals surface area contributed by atoms with Crippen LogP contribution in [0, 0.1) is 0 Å². The molecule has 2 rings (SSSR count). The molecule has 0 fully saturated rings. The van der Waals surface area contributed by atoms with Gasteiger partial charge in [-0.25, -0.2) is 8.42 Å². The Kier molecular flexibility index (Phi) is 10.4. The topological polar surface area (TPSA) is 71.7 Å². The number of hydrogen-bond acceptors (Lipinski definition) is 3. The molecular formula is C20H27N2O3PdS-. The molecule has 1 N–H and O–H groups in total. The van der Waals surface area contributed by atoms with E-state index < -0.39 is 16.1 Å². The number of aliphatic hydroxyl groups excluding tert-OH is 1. The molecule has 0 saturated heterocycles. The molecule has 2 atom stereocenters. The standard InChI is InChI=1S/C20H27N2O3S.Pd/c1-3-19(21-2)20(23)16-26(24,25)22(14-17-10-6-4-7-11-17)15-18-12-8-5-9-13-18;/h4-13,19-20,23H,3,14-16H2,1-2H3;/q-1;/t19-,20+;/m0./s1. The van der Waals surface area contributed by atoms with E-state index in [-0.39, 0.29) is 45.3 Å². The third kappa shape index (κ3) is 7.46. The molecule has 0 unspecified atom stereocenters. The summed E-state index contributed by atoms with van der Waals surface area (Å²) in [6, 6.07) is 18.6. The van der Waals surface area contributed by atoms with Crippen molar-refractivity contribution in [3.05, 3.63) is 77.1 Å². The molecule has 0 radical (unpaired) electrons. The largest absolute Gasteiger partial charge is 0.660 e. The maximum absolute atomic E-state index is 13.0. The van der Waals surface area contributed by atoms with Crippen molar-refractivity contribution in [1.29, 1.82) is 0 Å². The Labute approximate surface area is 176 Å². The molecule has 0 aromatic heterocycles. The zero-order valence-corrected chi connectivity index (χ0v) is 18.0. The van der Waals surface area contributed by atoms with E-state index in [9.17, 15) is 13.5 Å². The first-order valence-electron chi connectivity index (χ1n) is 8.79. The van der Waals surface area contributed by atoms with Crippen molar-refractivity contribution < 1.29 is 33.9 Å². The Balaban J connectivity index is 0.00000364. The Morgan fingerprint density at radius 2 is 1.41 bits per heavy atom. The Hall–Kier alpha value is -1.07. The third-order valence-electron chi connectivity index (χ3n) is 4.37. The smallest absolute Gasteiger partial charge is 0.217 e. The molecule has 2 aromatic rings. The number of aliphatic hydroxyl groups is 1. The van der Waals surface area contributed by atoms with Crippen molar-refractivity contribution in [2.75, 3.05) is 12.8 Å². The maximum Gasteiger partial charge on any atom is 0.217 e. The van der Waals surface area contributed by atoms with Crippen molar-refractivity contribution >= 4 is 10.0 Å². The van der Waals surface area contributed by atoms with Crippen LogP contribution in [0.1, 0.15) is 24.5 Å². The number of benzene rings is 2. The molecule has 0 saturated carbocycles. The fraction of sp³-hybridized carbons (Fsp3) is 0.400. The van der Waals surface area contributed by atoms with Crippen molar-refractivity contribution in [1.82, 2.24) is 4.31 Å². The van der Waals surface area contributed by atoms with Gasteiger partial charge in [0.15, 0.2) is 0 Å². The number of likely N-dealkylation sites (N-methyl/N-ethyl adjacent to an activating group) is 1. The first kappa shape index (κ1) is 24.0. The summed E-state index contributed by atoms with van der Waals surface area (Å²) in [7, 11) is -2.05. The average molecular weight is 482 g/mol. The molecule has 27 heavy (non-hydrogen) atoms. The Morgan fingerprint density at radius 3 is 1.78 bits per heavy atom. The van der Waals surface area contributed by atoms with Crippen molar-refractivity contribution in [3.63, 3.8) is 0 Å². The van der Waals surface area contributed by atoms with Crippen LogP contribution in [0.3, 0.4) is 0 Å². The minimum absolute atomic E-state index is 0. The third-order valence-corrected chi connectivity index (χ3v) is 6.18. The molecule has 5 nitrogen and oxygen atoms in total. The van der Waals surface area contributed by atoms with Crippen LogP contribution < -0.4 is 0 Å². The van der Waals surface area contributed by atoms with Crippen LogP contribution in [0.2, 0.25) is 0 Å². The fourth-order valence-electron chi connectivity index (χ4n) is 2.89. The van der Waals surface area contributed by atoms with E-state index in [1.165, 1.54) is 4.31 Å². The molecule has 0 aliphatic rings. The molecule has 0 heterocycles. The molecule has 0 bridgehead atoms. The minimum atomic E-state index is -3.66. The van der Waals surface area contributed by atoms with Gasteiger partial charge in [0.1, 0.15) is 0 Å². The molecule has 0 aliphatic heterocycles. The van der Waals surface area contributed by atoms with Gasteiger partial charge < -0.3 is 10.4 Å². The molecule has 7 heteroatoms. The average Bonchev–Trinajstić information content (AvgIpc) is 2.63. The van der Waals surface area contributed by atoms with Crippen LogP contribution in [0.5, 0.6) is 0 Å². The molecule has 0 spiro atoms. The molecular weight excluding hydrogens is 455 g/mol. The number of hydrogen-bond donors (Lipinski definition) is 1. The summed E-state index contributed by atoms with van der Waals surface area (Å²) >= 11 is 0. The van der Waals surface area contributed by atoms with E-state index in [0.29, 0.717) is 6.42 Å². The van der Waals surface area contributed by atoms with Gasteiger partial charge in [-0.05, 0) is 11.1 Å². The number of nitrogens with zero attached hydrogens (tertiary/aromatic N) is 2. The van der Waals surface area contributed by atoms with Crippen LogP contribution in [-0.2, 0) is 43.5 Å². The van der Waals surface area contributed by atoms with Gasteiger partial charge in [-0.2, -0.15) is 11.4 Å². The number of sulfonamides is 1. The summed E-state index contributed by atoms with van der Waals surface area (Å²) in [6.07, 6.45) is -0.408. The van der Waals surface area contributed by atoms with Gasteiger partial charge in [-0.3, -0.25) is 0 Å². The first-order valence-corrected chi connectivity index (χ1v) is 10.4. The second-order valence-electron chi connectivity index (χ2n) is 6.32. The second kappa shape index (κ2) is 11.7. The summed E-state index contributed by atoms with van der Waals surface area (Å²) in [5.41, 5.74) is 1.82. The predicted octanol–water partition coefficient (Wildman–Crippen LogP) is 3.16. The van der Waals surface area contributed by atoms with Gasteiger partial charge in [0.25, 0.3) is 0 Å². The second-order valence-corrected chi connectivity index (χ2v) is 8.33. The van der Waals surface area contributed by atoms with E-state index in [4.69, 9.17) is 0 Å². The van der Waals surface area contributed by atoms with Gasteiger partial charge in [-0.15, -0.1) is 6.04 Å². The first-order chi connectivity index (χ1) is 12.5. The van der Waals surface area contributed by atoms with E-state index in [1.807, 2.05) is 67.6 Å². The Morgan fingerprint density at radius 1 is 0.963 bits per heavy atom. The summed E-state index contributed by atoms with van der Waals surface area (Å²) in [4.78, 5) is 0. The quantitative estimate of drug-likeness (QED) is 0.530. The summed E-state index contributed by atoms with van der Waals surface area (Å²) in [5, 5.41) is 14.4. The fourth-order valence-corrected chi connectivity index (χ4v) is 4.44. The zero-order chi connectivity index (χ0) is 19.0. The Bertz CT molecular complexity index is 712. The van der Waals surface area contributed by atoms with E-state index in [2.05, 4.69) is 5.32 Å². The summed E-state index contributed by atoms with van der Waals surface area (Å²) in [6.45, 7) is 2.43. The van der Waals surface area contributed by atoms with E-state index in [0.717, 1.165) is 11.1 Å². The summed E-state index contributed by atoms with van der Waals surface area (Å²) < 4.78 is 27.5. The van der Waals surface area contributed by atoms with Gasteiger partial charge in [0.2, 0.25) is 10.0 Å². The van der Waals surface area contributed by atoms with Crippen LogP contribution in [0.25, 0.3) is 5.32 Å². The van der Waals surface area contributed by atoms with Gasteiger partial charge in [0, 0.05) is 33.5 Å². The van der Waals surface area contributed by atoms with Crippen molar-refractivity contribution in [3.8, 4) is 0 Å². The molecule has 2 aromatic carbocycles. The zero-order valence-electron chi connectivity index (χ0n) is 15.6. The molecule has 0 amide bonds. The van der Waals surface area contributed by atoms with Gasteiger partial charge in [-0.1, -0.05) is 74.0 Å². The van der Waals surface area contributed by atoms with Crippen molar-refractivity contribution in [2.45, 2.75) is 38.6 Å². The van der Waals surface area contributed by atoms with Crippen LogP contribution in [0.4, 0.5) is 0 Å². The monoisotopic (exact) mass is 481 g/mol. The maximum atomic E-state index is 13.0. The normalized spacial score (nSPS) is 13.8. The van der Waals surface area contributed by atoms with Crippen molar-refractivity contribution in [2.24, 2.45) is 0 Å². The molecule has 0 aliphatic carbocycles. The predicted molar refractivity (Wildman–Crippen MR) is 105 cm³/mol. The van der Waals surface area contributed by atoms with E-state index >= 15 is 0 Å². The van der Waals surface area contributed by atoms with Crippen LogP contribution in [0.15, 0.2) is 60.7 Å². The minimum Gasteiger partial charge on any atom is -0.660 e.